The highest BCUT2D eigenvalue weighted by atomic mass is 16.4. The average Bonchev–Trinajstić information content (AvgIpc) is 2.75. The molecular formula is C11H9NO3. The number of aromatic hydroxyl groups is 1. The van der Waals surface area contributed by atoms with Crippen molar-refractivity contribution in [1.29, 1.82) is 0 Å². The van der Waals surface area contributed by atoms with Gasteiger partial charge >= 0.3 is 0 Å². The molecule has 2 rings (SSSR count). The highest BCUT2D eigenvalue weighted by Gasteiger charge is 2.13. The molecule has 0 unspecified atom stereocenters. The standard InChI is InChI=1S/C11H9NO3/c13-9-5-2-1-4-8(9)11(12-14)10-6-3-7-15-10/h1-7,13-14H/b12-11+. The van der Waals surface area contributed by atoms with Gasteiger partial charge in [-0.15, -0.1) is 0 Å². The summed E-state index contributed by atoms with van der Waals surface area (Å²) in [5.41, 5.74) is 0.632. The summed E-state index contributed by atoms with van der Waals surface area (Å²) in [5.74, 6) is 0.445. The monoisotopic (exact) mass is 203 g/mol. The van der Waals surface area contributed by atoms with Crippen LogP contribution in [0.3, 0.4) is 0 Å². The van der Waals surface area contributed by atoms with E-state index in [1.807, 2.05) is 0 Å². The molecule has 15 heavy (non-hydrogen) atoms. The molecule has 4 nitrogen and oxygen atoms in total. The fourth-order valence-electron chi connectivity index (χ4n) is 1.32. The van der Waals surface area contributed by atoms with Crippen LogP contribution in [0.1, 0.15) is 11.3 Å². The lowest BCUT2D eigenvalue weighted by atomic mass is 10.1. The van der Waals surface area contributed by atoms with Gasteiger partial charge in [-0.3, -0.25) is 0 Å². The molecule has 0 spiro atoms. The number of para-hydroxylation sites is 1. The molecule has 0 fully saturated rings. The number of oxime groups is 1. The molecule has 2 aromatic rings. The normalized spacial score (nSPS) is 11.6. The molecule has 0 radical (unpaired) electrons. The highest BCUT2D eigenvalue weighted by Crippen LogP contribution is 2.20. The van der Waals surface area contributed by atoms with Gasteiger partial charge in [-0.25, -0.2) is 0 Å². The molecule has 0 saturated carbocycles. The van der Waals surface area contributed by atoms with Crippen LogP contribution in [-0.2, 0) is 0 Å². The van der Waals surface area contributed by atoms with Gasteiger partial charge < -0.3 is 14.7 Å². The van der Waals surface area contributed by atoms with Crippen LogP contribution in [0.25, 0.3) is 0 Å². The number of nitrogens with zero attached hydrogens (tertiary/aromatic N) is 1. The van der Waals surface area contributed by atoms with Crippen molar-refractivity contribution in [2.24, 2.45) is 5.16 Å². The highest BCUT2D eigenvalue weighted by molar-refractivity contribution is 6.12. The summed E-state index contributed by atoms with van der Waals surface area (Å²) in [6.07, 6.45) is 1.47. The van der Waals surface area contributed by atoms with Gasteiger partial charge in [-0.2, -0.15) is 0 Å². The van der Waals surface area contributed by atoms with Crippen molar-refractivity contribution in [3.63, 3.8) is 0 Å². The minimum absolute atomic E-state index is 0.0432. The first kappa shape index (κ1) is 9.33. The van der Waals surface area contributed by atoms with Crippen LogP contribution < -0.4 is 0 Å². The van der Waals surface area contributed by atoms with Crippen molar-refractivity contribution in [1.82, 2.24) is 0 Å². The maximum atomic E-state index is 9.58. The minimum Gasteiger partial charge on any atom is -0.507 e. The first-order valence-electron chi connectivity index (χ1n) is 4.37. The van der Waals surface area contributed by atoms with E-state index in [-0.39, 0.29) is 11.5 Å². The molecule has 0 saturated heterocycles. The Morgan fingerprint density at radius 3 is 2.53 bits per heavy atom. The molecule has 0 bridgehead atoms. The molecule has 2 N–H and O–H groups in total. The van der Waals surface area contributed by atoms with Crippen LogP contribution in [0.15, 0.2) is 52.2 Å². The quantitative estimate of drug-likeness (QED) is 0.446. The summed E-state index contributed by atoms with van der Waals surface area (Å²) < 4.78 is 5.09. The molecule has 0 aliphatic carbocycles. The first-order valence-corrected chi connectivity index (χ1v) is 4.37. The summed E-state index contributed by atoms with van der Waals surface area (Å²) in [4.78, 5) is 0. The van der Waals surface area contributed by atoms with Gasteiger partial charge in [0.25, 0.3) is 0 Å². The lowest BCUT2D eigenvalue weighted by Crippen LogP contribution is -2.01. The summed E-state index contributed by atoms with van der Waals surface area (Å²) >= 11 is 0. The van der Waals surface area contributed by atoms with Gasteiger partial charge in [0, 0.05) is 5.56 Å². The Balaban J connectivity index is 2.50. The third-order valence-corrected chi connectivity index (χ3v) is 2.01. The third kappa shape index (κ3) is 1.69. The predicted octanol–water partition coefficient (Wildman–Crippen LogP) is 2.21. The van der Waals surface area contributed by atoms with Gasteiger partial charge in [-0.05, 0) is 24.3 Å². The Morgan fingerprint density at radius 2 is 1.93 bits per heavy atom. The molecule has 0 atom stereocenters. The second kappa shape index (κ2) is 3.88. The minimum atomic E-state index is 0.0432. The molecule has 4 heteroatoms. The van der Waals surface area contributed by atoms with Crippen molar-refractivity contribution in [3.05, 3.63) is 54.0 Å². The van der Waals surface area contributed by atoms with E-state index >= 15 is 0 Å². The van der Waals surface area contributed by atoms with Crippen molar-refractivity contribution in [3.8, 4) is 5.75 Å². The average molecular weight is 203 g/mol. The van der Waals surface area contributed by atoms with E-state index in [9.17, 15) is 5.11 Å². The molecule has 0 amide bonds. The van der Waals surface area contributed by atoms with Crippen molar-refractivity contribution in [2.45, 2.75) is 0 Å². The molecule has 76 valence electrons. The maximum absolute atomic E-state index is 9.58. The molecule has 0 aliphatic rings. The van der Waals surface area contributed by atoms with Crippen LogP contribution in [-0.4, -0.2) is 16.0 Å². The number of phenolic OH excluding ortho intramolecular Hbond substituents is 1. The fraction of sp³-hybridized carbons (Fsp3) is 0. The largest absolute Gasteiger partial charge is 0.507 e. The van der Waals surface area contributed by atoms with Crippen LogP contribution in [0.2, 0.25) is 0 Å². The Labute approximate surface area is 86.1 Å². The first-order chi connectivity index (χ1) is 7.33. The van der Waals surface area contributed by atoms with Gasteiger partial charge in [0.15, 0.2) is 11.5 Å². The van der Waals surface area contributed by atoms with E-state index in [1.54, 1.807) is 30.3 Å². The summed E-state index contributed by atoms with van der Waals surface area (Å²) in [6.45, 7) is 0. The number of hydrogen-bond acceptors (Lipinski definition) is 4. The zero-order chi connectivity index (χ0) is 10.7. The molecule has 1 heterocycles. The van der Waals surface area contributed by atoms with Crippen molar-refractivity contribution >= 4 is 5.71 Å². The molecule has 0 aliphatic heterocycles. The van der Waals surface area contributed by atoms with Gasteiger partial charge in [0.05, 0.1) is 6.26 Å². The topological polar surface area (TPSA) is 66.0 Å². The molecular weight excluding hydrogens is 194 g/mol. The van der Waals surface area contributed by atoms with E-state index in [2.05, 4.69) is 5.16 Å². The van der Waals surface area contributed by atoms with E-state index < -0.39 is 0 Å². The van der Waals surface area contributed by atoms with Crippen molar-refractivity contribution < 1.29 is 14.7 Å². The van der Waals surface area contributed by atoms with Crippen LogP contribution >= 0.6 is 0 Å². The summed E-state index contributed by atoms with van der Waals surface area (Å²) in [6, 6.07) is 9.93. The van der Waals surface area contributed by atoms with Crippen molar-refractivity contribution in [2.75, 3.05) is 0 Å². The Hall–Kier alpha value is -2.23. The second-order valence-electron chi connectivity index (χ2n) is 2.94. The Morgan fingerprint density at radius 1 is 1.13 bits per heavy atom. The molecule has 1 aromatic heterocycles. The van der Waals surface area contributed by atoms with Crippen LogP contribution in [0.4, 0.5) is 0 Å². The SMILES string of the molecule is O/N=C(/c1ccco1)c1ccccc1O. The van der Waals surface area contributed by atoms with E-state index in [0.717, 1.165) is 0 Å². The van der Waals surface area contributed by atoms with E-state index in [0.29, 0.717) is 11.3 Å². The fourth-order valence-corrected chi connectivity index (χ4v) is 1.32. The smallest absolute Gasteiger partial charge is 0.156 e. The zero-order valence-corrected chi connectivity index (χ0v) is 7.79. The number of hydrogen-bond donors (Lipinski definition) is 2. The Bertz CT molecular complexity index is 474. The number of benzene rings is 1. The lowest BCUT2D eigenvalue weighted by Gasteiger charge is -2.03. The summed E-state index contributed by atoms with van der Waals surface area (Å²) in [7, 11) is 0. The second-order valence-corrected chi connectivity index (χ2v) is 2.94. The number of furan rings is 1. The van der Waals surface area contributed by atoms with Gasteiger partial charge in [0.2, 0.25) is 0 Å². The Kier molecular flexibility index (Phi) is 2.41. The predicted molar refractivity (Wildman–Crippen MR) is 54.2 cm³/mol. The number of phenols is 1. The number of rotatable bonds is 2. The van der Waals surface area contributed by atoms with Gasteiger partial charge in [0.1, 0.15) is 5.75 Å². The zero-order valence-electron chi connectivity index (χ0n) is 7.79. The van der Waals surface area contributed by atoms with E-state index in [4.69, 9.17) is 9.62 Å². The lowest BCUT2D eigenvalue weighted by molar-refractivity contribution is 0.318. The van der Waals surface area contributed by atoms with Crippen LogP contribution in [0.5, 0.6) is 5.75 Å². The van der Waals surface area contributed by atoms with Crippen LogP contribution in [0, 0.1) is 0 Å². The maximum Gasteiger partial charge on any atom is 0.156 e. The van der Waals surface area contributed by atoms with Gasteiger partial charge in [-0.1, -0.05) is 17.3 Å². The summed E-state index contributed by atoms with van der Waals surface area (Å²) in [5, 5.41) is 21.6. The molecule has 1 aromatic carbocycles. The third-order valence-electron chi connectivity index (χ3n) is 2.01. The van der Waals surface area contributed by atoms with E-state index in [1.165, 1.54) is 12.3 Å².